The van der Waals surface area contributed by atoms with Crippen LogP contribution in [0.4, 0.5) is 0 Å². The minimum absolute atomic E-state index is 0.0308. The molecule has 4 aliphatic rings. The maximum atomic E-state index is 14.9. The second kappa shape index (κ2) is 10.6. The summed E-state index contributed by atoms with van der Waals surface area (Å²) >= 11 is 1.54. The van der Waals surface area contributed by atoms with E-state index in [0.717, 1.165) is 24.8 Å². The van der Waals surface area contributed by atoms with Crippen molar-refractivity contribution in [2.75, 3.05) is 19.8 Å². The number of fused-ring (bicyclic) bond motifs is 2. The lowest BCUT2D eigenvalue weighted by Gasteiger charge is -2.45. The van der Waals surface area contributed by atoms with Gasteiger partial charge in [-0.1, -0.05) is 75.4 Å². The van der Waals surface area contributed by atoms with Crippen LogP contribution in [0.3, 0.4) is 0 Å². The van der Waals surface area contributed by atoms with Gasteiger partial charge in [-0.2, -0.15) is 0 Å². The molecule has 0 radical (unpaired) electrons. The Kier molecular flexibility index (Phi) is 7.73. The van der Waals surface area contributed by atoms with Crippen molar-refractivity contribution >= 4 is 29.5 Å². The summed E-state index contributed by atoms with van der Waals surface area (Å²) in [6.45, 7) is 13.0. The van der Waals surface area contributed by atoms with Gasteiger partial charge in [-0.3, -0.25) is 14.4 Å². The van der Waals surface area contributed by atoms with Crippen molar-refractivity contribution in [3.05, 3.63) is 60.2 Å². The minimum Gasteiger partial charge on any atom is -0.465 e. The van der Waals surface area contributed by atoms with Gasteiger partial charge in [-0.25, -0.2) is 0 Å². The van der Waals surface area contributed by atoms with E-state index in [1.165, 1.54) is 0 Å². The highest BCUT2D eigenvalue weighted by atomic mass is 32.2. The van der Waals surface area contributed by atoms with Gasteiger partial charge in [0.15, 0.2) is 0 Å². The number of rotatable bonds is 5. The first-order valence-electron chi connectivity index (χ1n) is 14.8. The second-order valence-electron chi connectivity index (χ2n) is 14.0. The van der Waals surface area contributed by atoms with Crippen LogP contribution in [-0.2, 0) is 19.1 Å². The van der Waals surface area contributed by atoms with E-state index in [1.807, 2.05) is 54.3 Å². The first-order chi connectivity index (χ1) is 19.3. The number of likely N-dealkylation sites (tertiary alicyclic amines) is 1. The van der Waals surface area contributed by atoms with E-state index in [-0.39, 0.29) is 23.8 Å². The Balaban J connectivity index is 1.70. The molecule has 8 heteroatoms. The Morgan fingerprint density at radius 2 is 1.73 bits per heavy atom. The number of esters is 1. The molecule has 1 unspecified atom stereocenters. The molecule has 41 heavy (non-hydrogen) atoms. The van der Waals surface area contributed by atoms with E-state index in [1.54, 1.807) is 16.7 Å². The van der Waals surface area contributed by atoms with Crippen LogP contribution < -0.4 is 0 Å². The number of cyclic esters (lactones) is 1. The normalized spacial score (nSPS) is 33.6. The van der Waals surface area contributed by atoms with Crippen molar-refractivity contribution in [1.82, 2.24) is 9.80 Å². The Labute approximate surface area is 248 Å². The minimum atomic E-state index is -0.995. The van der Waals surface area contributed by atoms with Gasteiger partial charge in [0.2, 0.25) is 11.8 Å². The lowest BCUT2D eigenvalue weighted by Crippen LogP contribution is -2.59. The quantitative estimate of drug-likeness (QED) is 0.393. The summed E-state index contributed by atoms with van der Waals surface area (Å²) < 4.78 is 4.02. The van der Waals surface area contributed by atoms with Crippen LogP contribution in [0.25, 0.3) is 0 Å². The summed E-state index contributed by atoms with van der Waals surface area (Å²) in [5.41, 5.74) is 0.229. The van der Waals surface area contributed by atoms with Crippen molar-refractivity contribution < 1.29 is 24.2 Å². The maximum absolute atomic E-state index is 14.9. The molecule has 1 N–H and O–H groups in total. The third kappa shape index (κ3) is 5.05. The molecule has 6 atom stereocenters. The topological polar surface area (TPSA) is 87.2 Å². The predicted molar refractivity (Wildman–Crippen MR) is 161 cm³/mol. The molecule has 0 saturated carbocycles. The summed E-state index contributed by atoms with van der Waals surface area (Å²) in [6.07, 6.45) is 10.5. The Morgan fingerprint density at radius 3 is 2.39 bits per heavy atom. The fraction of sp³-hybridized carbons (Fsp3) is 0.606. The van der Waals surface area contributed by atoms with Crippen molar-refractivity contribution in [2.24, 2.45) is 17.3 Å². The average Bonchev–Trinajstić information content (AvgIpc) is 3.23. The number of aliphatic hydroxyl groups excluding tert-OH is 1. The van der Waals surface area contributed by atoms with Crippen LogP contribution in [0.5, 0.6) is 0 Å². The van der Waals surface area contributed by atoms with Gasteiger partial charge in [0.05, 0.1) is 35.8 Å². The van der Waals surface area contributed by atoms with Gasteiger partial charge in [0.1, 0.15) is 6.04 Å². The monoisotopic (exact) mass is 580 g/mol. The molecule has 1 aromatic rings. The third-order valence-corrected chi connectivity index (χ3v) is 10.9. The molecule has 1 spiro atoms. The average molecular weight is 581 g/mol. The lowest BCUT2D eigenvalue weighted by atomic mass is 9.74. The molecule has 0 bridgehead atoms. The number of thioether (sulfide) groups is 1. The fourth-order valence-electron chi connectivity index (χ4n) is 7.88. The van der Waals surface area contributed by atoms with E-state index in [4.69, 9.17) is 4.74 Å². The standard InChI is InChI=1S/C33H44N2O5S/c1-30(2,3)21-31(4,5)34-18-13-17-33-24(25-29(39)40-19-12-8-11-16-32(25,6)41-33)27(37)35(26(33)28(34)38)23(20-36)22-14-9-7-10-15-22/h7,9-11,13-17,23-26,36H,8,12,18-21H2,1-6H3/b16-11-/t23-,24+,25+,26?,32-,33+/m1/s1. The number of carbonyl (C=O) groups is 3. The molecule has 2 amide bonds. The summed E-state index contributed by atoms with van der Waals surface area (Å²) in [4.78, 5) is 46.9. The number of benzene rings is 1. The molecular weight excluding hydrogens is 536 g/mol. The van der Waals surface area contributed by atoms with Crippen LogP contribution in [0.2, 0.25) is 0 Å². The number of ether oxygens (including phenoxy) is 1. The van der Waals surface area contributed by atoms with Gasteiger partial charge in [0.25, 0.3) is 0 Å². The van der Waals surface area contributed by atoms with Crippen LogP contribution in [0.15, 0.2) is 54.6 Å². The molecule has 2 saturated heterocycles. The summed E-state index contributed by atoms with van der Waals surface area (Å²) in [7, 11) is 0. The summed E-state index contributed by atoms with van der Waals surface area (Å²) in [6, 6.07) is 7.76. The molecule has 0 aromatic heterocycles. The first kappa shape index (κ1) is 29.9. The van der Waals surface area contributed by atoms with Gasteiger partial charge >= 0.3 is 5.97 Å². The van der Waals surface area contributed by atoms with Gasteiger partial charge in [-0.15, -0.1) is 11.8 Å². The van der Waals surface area contributed by atoms with E-state index in [2.05, 4.69) is 46.8 Å². The smallest absolute Gasteiger partial charge is 0.311 e. The highest BCUT2D eigenvalue weighted by Gasteiger charge is 2.74. The number of carbonyl (C=O) groups excluding carboxylic acids is 3. The van der Waals surface area contributed by atoms with E-state index < -0.39 is 44.9 Å². The van der Waals surface area contributed by atoms with Gasteiger partial charge < -0.3 is 19.6 Å². The van der Waals surface area contributed by atoms with Crippen molar-refractivity contribution in [1.29, 1.82) is 0 Å². The van der Waals surface area contributed by atoms with E-state index in [0.29, 0.717) is 13.2 Å². The number of hydrogen-bond donors (Lipinski definition) is 1. The number of hydrogen-bond acceptors (Lipinski definition) is 6. The number of nitrogens with zero attached hydrogens (tertiary/aromatic N) is 2. The molecule has 222 valence electrons. The van der Waals surface area contributed by atoms with Crippen LogP contribution >= 0.6 is 11.8 Å². The lowest BCUT2D eigenvalue weighted by molar-refractivity contribution is -0.155. The molecule has 1 aromatic carbocycles. The predicted octanol–water partition coefficient (Wildman–Crippen LogP) is 4.91. The van der Waals surface area contributed by atoms with E-state index in [9.17, 15) is 19.5 Å². The Hall–Kier alpha value is -2.58. The molecule has 7 nitrogen and oxygen atoms in total. The fourth-order valence-corrected chi connectivity index (χ4v) is 10.0. The second-order valence-corrected chi connectivity index (χ2v) is 15.8. The van der Waals surface area contributed by atoms with Crippen LogP contribution in [0, 0.1) is 17.3 Å². The number of aliphatic hydroxyl groups is 1. The zero-order chi connectivity index (χ0) is 29.8. The molecule has 0 aliphatic carbocycles. The number of allylic oxidation sites excluding steroid dienone is 1. The van der Waals surface area contributed by atoms with Crippen molar-refractivity contribution in [3.63, 3.8) is 0 Å². The van der Waals surface area contributed by atoms with Crippen LogP contribution in [-0.4, -0.2) is 73.5 Å². The molecule has 4 heterocycles. The maximum Gasteiger partial charge on any atom is 0.311 e. The molecular formula is C33H44N2O5S. The zero-order valence-corrected chi connectivity index (χ0v) is 25.9. The van der Waals surface area contributed by atoms with Crippen molar-refractivity contribution in [2.45, 2.75) is 87.9 Å². The van der Waals surface area contributed by atoms with Crippen molar-refractivity contribution in [3.8, 4) is 0 Å². The Morgan fingerprint density at radius 1 is 1.02 bits per heavy atom. The number of amides is 2. The summed E-state index contributed by atoms with van der Waals surface area (Å²) in [5, 5.41) is 10.8. The largest absolute Gasteiger partial charge is 0.465 e. The third-order valence-electron chi connectivity index (χ3n) is 9.07. The highest BCUT2D eigenvalue weighted by molar-refractivity contribution is 8.02. The molecule has 5 rings (SSSR count). The molecule has 2 fully saturated rings. The van der Waals surface area contributed by atoms with Gasteiger partial charge in [0, 0.05) is 16.8 Å². The zero-order valence-electron chi connectivity index (χ0n) is 25.1. The first-order valence-corrected chi connectivity index (χ1v) is 15.6. The molecule has 4 aliphatic heterocycles. The highest BCUT2D eigenvalue weighted by Crippen LogP contribution is 2.66. The summed E-state index contributed by atoms with van der Waals surface area (Å²) in [5.74, 6) is -2.38. The van der Waals surface area contributed by atoms with Gasteiger partial charge in [-0.05, 0) is 51.0 Å². The SMILES string of the molecule is CC(C)(C)CC(C)(C)N1CC=C[C@]23S[C@]4(C)/C=C\CCCOC(=O)[C@@H]4[C@H]2C(=O)N([C@H](CO)c2ccccc2)C3C1=O. The van der Waals surface area contributed by atoms with Crippen LogP contribution in [0.1, 0.15) is 72.4 Å². The van der Waals surface area contributed by atoms with E-state index >= 15 is 0 Å². The Bertz CT molecular complexity index is 1250.